The molecule has 7 heteroatoms. The molecule has 0 heterocycles. The van der Waals surface area contributed by atoms with Crippen molar-refractivity contribution in [2.45, 2.75) is 13.1 Å². The van der Waals surface area contributed by atoms with E-state index in [0.717, 1.165) is 6.08 Å². The van der Waals surface area contributed by atoms with Gasteiger partial charge in [-0.05, 0) is 13.0 Å². The Morgan fingerprint density at radius 3 is 2.20 bits per heavy atom. The molecular weight excluding hydrogens is 218 g/mol. The molecule has 15 heavy (non-hydrogen) atoms. The van der Waals surface area contributed by atoms with E-state index in [9.17, 15) is 27.7 Å². The molecule has 0 amide bonds. The van der Waals surface area contributed by atoms with Crippen LogP contribution < -0.4 is 0 Å². The molecule has 0 fully saturated rings. The molecule has 0 aromatic heterocycles. The van der Waals surface area contributed by atoms with Crippen LogP contribution >= 0.6 is 0 Å². The summed E-state index contributed by atoms with van der Waals surface area (Å²) in [5, 5.41) is 10.2. The summed E-state index contributed by atoms with van der Waals surface area (Å²) in [4.78, 5) is 8.96. The van der Waals surface area contributed by atoms with Crippen molar-refractivity contribution in [3.63, 3.8) is 0 Å². The molecule has 0 saturated carbocycles. The van der Waals surface area contributed by atoms with E-state index in [0.29, 0.717) is 6.08 Å². The molecule has 0 aliphatic heterocycles. The molecule has 0 aromatic carbocycles. The van der Waals surface area contributed by atoms with Crippen LogP contribution in [-0.2, 0) is 0 Å². The third-order valence-electron chi connectivity index (χ3n) is 1.18. The van der Waals surface area contributed by atoms with Gasteiger partial charge in [-0.25, -0.2) is 0 Å². The zero-order valence-electron chi connectivity index (χ0n) is 7.58. The van der Waals surface area contributed by atoms with Gasteiger partial charge in [-0.3, -0.25) is 10.1 Å². The fraction of sp³-hybridized carbons (Fsp3) is 0.250. The van der Waals surface area contributed by atoms with E-state index in [1.54, 1.807) is 0 Å². The number of halogens is 4. The van der Waals surface area contributed by atoms with Crippen LogP contribution in [0.3, 0.4) is 0 Å². The van der Waals surface area contributed by atoms with Crippen LogP contribution in [0, 0.1) is 10.1 Å². The van der Waals surface area contributed by atoms with Crippen molar-refractivity contribution >= 4 is 0 Å². The van der Waals surface area contributed by atoms with Gasteiger partial charge in [-0.1, -0.05) is 6.08 Å². The number of allylic oxidation sites excluding steroid dienone is 5. The maximum absolute atomic E-state index is 12.8. The summed E-state index contributed by atoms with van der Waals surface area (Å²) >= 11 is 0. The van der Waals surface area contributed by atoms with E-state index < -0.39 is 28.7 Å². The van der Waals surface area contributed by atoms with Gasteiger partial charge >= 0.3 is 11.9 Å². The van der Waals surface area contributed by atoms with Crippen LogP contribution in [0.4, 0.5) is 17.6 Å². The SMILES string of the molecule is C\C=C/C(F)=C(\C=C\C(F)(F)F)[N+](=O)[O-]. The first kappa shape index (κ1) is 13.3. The van der Waals surface area contributed by atoms with Crippen molar-refractivity contribution < 1.29 is 22.5 Å². The minimum absolute atomic E-state index is 0.0787. The molecule has 0 aliphatic carbocycles. The summed E-state index contributed by atoms with van der Waals surface area (Å²) in [6, 6.07) is 0. The number of hydrogen-bond donors (Lipinski definition) is 0. The maximum Gasteiger partial charge on any atom is 0.410 e. The second-order valence-corrected chi connectivity index (χ2v) is 2.37. The normalized spacial score (nSPS) is 14.7. The largest absolute Gasteiger partial charge is 0.410 e. The average Bonchev–Trinajstić information content (AvgIpc) is 2.01. The molecule has 0 aromatic rings. The van der Waals surface area contributed by atoms with Gasteiger partial charge in [-0.2, -0.15) is 17.6 Å². The van der Waals surface area contributed by atoms with E-state index in [-0.39, 0.29) is 6.08 Å². The van der Waals surface area contributed by atoms with Gasteiger partial charge in [-0.15, -0.1) is 0 Å². The molecular formula is C8H7F4NO2. The van der Waals surface area contributed by atoms with Gasteiger partial charge < -0.3 is 0 Å². The number of nitrogens with zero attached hydrogens (tertiary/aromatic N) is 1. The van der Waals surface area contributed by atoms with E-state index in [4.69, 9.17) is 0 Å². The van der Waals surface area contributed by atoms with Crippen LogP contribution in [0.25, 0.3) is 0 Å². The maximum atomic E-state index is 12.8. The fourth-order valence-corrected chi connectivity index (χ4v) is 0.633. The lowest BCUT2D eigenvalue weighted by Gasteiger charge is -1.96. The van der Waals surface area contributed by atoms with E-state index >= 15 is 0 Å². The fourth-order valence-electron chi connectivity index (χ4n) is 0.633. The Bertz CT molecular complexity index is 328. The molecule has 0 N–H and O–H groups in total. The summed E-state index contributed by atoms with van der Waals surface area (Å²) in [6.45, 7) is 1.38. The molecule has 0 aliphatic rings. The van der Waals surface area contributed by atoms with E-state index in [2.05, 4.69) is 0 Å². The van der Waals surface area contributed by atoms with Gasteiger partial charge in [0.1, 0.15) is 0 Å². The quantitative estimate of drug-likeness (QED) is 0.320. The highest BCUT2D eigenvalue weighted by atomic mass is 19.4. The Morgan fingerprint density at radius 1 is 1.33 bits per heavy atom. The Kier molecular flexibility index (Phi) is 4.69. The lowest BCUT2D eigenvalue weighted by molar-refractivity contribution is -0.421. The molecule has 0 bridgehead atoms. The summed E-state index contributed by atoms with van der Waals surface area (Å²) in [5.74, 6) is -1.33. The third-order valence-corrected chi connectivity index (χ3v) is 1.18. The van der Waals surface area contributed by atoms with Crippen LogP contribution in [0.15, 0.2) is 35.8 Å². The summed E-state index contributed by atoms with van der Waals surface area (Å²) in [5.41, 5.74) is -1.23. The first-order valence-electron chi connectivity index (χ1n) is 3.70. The predicted octanol–water partition coefficient (Wildman–Crippen LogP) is 3.14. The Hall–Kier alpha value is -1.66. The van der Waals surface area contributed by atoms with Crippen molar-refractivity contribution in [2.24, 2.45) is 0 Å². The Morgan fingerprint density at radius 2 is 1.87 bits per heavy atom. The highest BCUT2D eigenvalue weighted by Crippen LogP contribution is 2.19. The number of rotatable bonds is 3. The van der Waals surface area contributed by atoms with E-state index in [1.807, 2.05) is 0 Å². The lowest BCUT2D eigenvalue weighted by Crippen LogP contribution is -2.04. The Balaban J connectivity index is 5.10. The van der Waals surface area contributed by atoms with Crippen molar-refractivity contribution in [2.75, 3.05) is 0 Å². The number of nitro groups is 1. The molecule has 84 valence electrons. The molecule has 0 saturated heterocycles. The molecule has 0 atom stereocenters. The van der Waals surface area contributed by atoms with Gasteiger partial charge in [0.15, 0.2) is 5.83 Å². The second-order valence-electron chi connectivity index (χ2n) is 2.37. The third kappa shape index (κ3) is 5.61. The highest BCUT2D eigenvalue weighted by Gasteiger charge is 2.24. The zero-order valence-corrected chi connectivity index (χ0v) is 7.58. The number of hydrogen-bond acceptors (Lipinski definition) is 2. The van der Waals surface area contributed by atoms with E-state index in [1.165, 1.54) is 6.92 Å². The van der Waals surface area contributed by atoms with Gasteiger partial charge in [0, 0.05) is 12.2 Å². The van der Waals surface area contributed by atoms with Crippen LogP contribution in [-0.4, -0.2) is 11.1 Å². The summed E-state index contributed by atoms with van der Waals surface area (Å²) in [6.07, 6.45) is -3.18. The van der Waals surface area contributed by atoms with Gasteiger partial charge in [0.2, 0.25) is 0 Å². The smallest absolute Gasteiger partial charge is 0.258 e. The monoisotopic (exact) mass is 225 g/mol. The first-order valence-corrected chi connectivity index (χ1v) is 3.70. The zero-order chi connectivity index (χ0) is 12.1. The highest BCUT2D eigenvalue weighted by molar-refractivity contribution is 5.23. The standard InChI is InChI=1S/C8H7F4NO2/c1-2-3-6(9)7(13(14)15)4-5-8(10,11)12/h2-5H,1H3/b3-2-,5-4+,7-6-. The van der Waals surface area contributed by atoms with Gasteiger partial charge in [0.05, 0.1) is 4.92 Å². The van der Waals surface area contributed by atoms with Crippen LogP contribution in [0.2, 0.25) is 0 Å². The summed E-state index contributed by atoms with van der Waals surface area (Å²) < 4.78 is 47.8. The van der Waals surface area contributed by atoms with Crippen molar-refractivity contribution in [1.82, 2.24) is 0 Å². The second kappa shape index (κ2) is 5.28. The molecule has 0 unspecified atom stereocenters. The molecule has 0 rings (SSSR count). The average molecular weight is 225 g/mol. The van der Waals surface area contributed by atoms with Gasteiger partial charge in [0.25, 0.3) is 0 Å². The van der Waals surface area contributed by atoms with Crippen molar-refractivity contribution in [3.8, 4) is 0 Å². The predicted molar refractivity (Wildman–Crippen MR) is 45.1 cm³/mol. The summed E-state index contributed by atoms with van der Waals surface area (Å²) in [7, 11) is 0. The molecule has 0 radical (unpaired) electrons. The van der Waals surface area contributed by atoms with Crippen molar-refractivity contribution in [3.05, 3.63) is 45.9 Å². The minimum Gasteiger partial charge on any atom is -0.258 e. The first-order chi connectivity index (χ1) is 6.78. The van der Waals surface area contributed by atoms with Crippen LogP contribution in [0.1, 0.15) is 6.92 Å². The molecule has 3 nitrogen and oxygen atoms in total. The van der Waals surface area contributed by atoms with Crippen molar-refractivity contribution in [1.29, 1.82) is 0 Å². The van der Waals surface area contributed by atoms with Crippen LogP contribution in [0.5, 0.6) is 0 Å². The Labute approximate surface area is 82.5 Å². The lowest BCUT2D eigenvalue weighted by atomic mass is 10.3. The molecule has 0 spiro atoms. The number of alkyl halides is 3. The minimum atomic E-state index is -4.71. The topological polar surface area (TPSA) is 43.1 Å².